The molecule has 2 aromatic rings. The first-order valence-corrected chi connectivity index (χ1v) is 9.54. The van der Waals surface area contributed by atoms with Crippen molar-refractivity contribution >= 4 is 11.3 Å². The van der Waals surface area contributed by atoms with E-state index in [1.807, 2.05) is 23.7 Å². The van der Waals surface area contributed by atoms with E-state index in [2.05, 4.69) is 51.8 Å². The molecule has 3 heterocycles. The van der Waals surface area contributed by atoms with Crippen LogP contribution < -0.4 is 5.32 Å². The van der Waals surface area contributed by atoms with Crippen LogP contribution in [-0.2, 0) is 13.0 Å². The molecule has 1 N–H and O–H groups in total. The van der Waals surface area contributed by atoms with Gasteiger partial charge in [-0.25, -0.2) is 0 Å². The molecule has 0 spiro atoms. The van der Waals surface area contributed by atoms with Crippen molar-refractivity contribution in [3.8, 4) is 0 Å². The van der Waals surface area contributed by atoms with Crippen LogP contribution in [0.15, 0.2) is 42.0 Å². The number of likely N-dealkylation sites (tertiary alicyclic amines) is 1. The molecule has 0 bridgehead atoms. The minimum atomic E-state index is 0.689. The lowest BCUT2D eigenvalue weighted by atomic mass is 10.0. The fourth-order valence-electron chi connectivity index (χ4n) is 3.25. The largest absolute Gasteiger partial charge is 0.314 e. The molecule has 3 nitrogen and oxygen atoms in total. The predicted octanol–water partition coefficient (Wildman–Crippen LogP) is 3.58. The van der Waals surface area contributed by atoms with Crippen molar-refractivity contribution in [2.45, 2.75) is 38.8 Å². The van der Waals surface area contributed by atoms with Gasteiger partial charge >= 0.3 is 0 Å². The van der Waals surface area contributed by atoms with Gasteiger partial charge in [0.25, 0.3) is 0 Å². The van der Waals surface area contributed by atoms with Gasteiger partial charge in [0, 0.05) is 29.9 Å². The zero-order valence-electron chi connectivity index (χ0n) is 13.9. The summed E-state index contributed by atoms with van der Waals surface area (Å²) in [6.07, 6.45) is 7.50. The third-order valence-electron chi connectivity index (χ3n) is 4.63. The number of rotatable bonds is 7. The molecule has 1 unspecified atom stereocenters. The smallest absolute Gasteiger partial charge is 0.0271 e. The molecule has 0 amide bonds. The van der Waals surface area contributed by atoms with Crippen molar-refractivity contribution in [2.24, 2.45) is 5.92 Å². The van der Waals surface area contributed by atoms with Crippen LogP contribution in [0.5, 0.6) is 0 Å². The molecule has 3 rings (SSSR count). The molecule has 1 aliphatic rings. The van der Waals surface area contributed by atoms with E-state index < -0.39 is 0 Å². The number of aromatic nitrogens is 1. The summed E-state index contributed by atoms with van der Waals surface area (Å²) in [4.78, 5) is 8.15. The van der Waals surface area contributed by atoms with E-state index in [0.717, 1.165) is 13.1 Å². The van der Waals surface area contributed by atoms with Gasteiger partial charge in [0.2, 0.25) is 0 Å². The third kappa shape index (κ3) is 5.41. The van der Waals surface area contributed by atoms with Crippen LogP contribution in [0.1, 0.15) is 30.2 Å². The lowest BCUT2D eigenvalue weighted by Crippen LogP contribution is -2.43. The van der Waals surface area contributed by atoms with Gasteiger partial charge in [-0.1, -0.05) is 13.0 Å². The van der Waals surface area contributed by atoms with Crippen molar-refractivity contribution in [1.29, 1.82) is 0 Å². The molecular weight excluding hydrogens is 302 g/mol. The Morgan fingerprint density at radius 2 is 2.04 bits per heavy atom. The van der Waals surface area contributed by atoms with E-state index >= 15 is 0 Å². The van der Waals surface area contributed by atoms with Crippen LogP contribution in [0, 0.1) is 5.92 Å². The number of hydrogen-bond acceptors (Lipinski definition) is 4. The maximum atomic E-state index is 4.09. The Kier molecular flexibility index (Phi) is 6.20. The molecule has 23 heavy (non-hydrogen) atoms. The molecular formula is C19H27N3S. The average molecular weight is 330 g/mol. The predicted molar refractivity (Wildman–Crippen MR) is 97.7 cm³/mol. The van der Waals surface area contributed by atoms with Gasteiger partial charge < -0.3 is 5.32 Å². The van der Waals surface area contributed by atoms with Crippen molar-refractivity contribution in [3.05, 3.63) is 52.5 Å². The second-order valence-electron chi connectivity index (χ2n) is 6.70. The monoisotopic (exact) mass is 329 g/mol. The van der Waals surface area contributed by atoms with Crippen molar-refractivity contribution in [2.75, 3.05) is 19.6 Å². The van der Waals surface area contributed by atoms with E-state index in [1.54, 1.807) is 0 Å². The van der Waals surface area contributed by atoms with Crippen LogP contribution in [0.4, 0.5) is 0 Å². The summed E-state index contributed by atoms with van der Waals surface area (Å²) >= 11 is 1.87. The van der Waals surface area contributed by atoms with E-state index in [-0.39, 0.29) is 0 Å². The lowest BCUT2D eigenvalue weighted by molar-refractivity contribution is 0.188. The first kappa shape index (κ1) is 16.6. The summed E-state index contributed by atoms with van der Waals surface area (Å²) in [7, 11) is 0. The normalized spacial score (nSPS) is 18.1. The summed E-state index contributed by atoms with van der Waals surface area (Å²) in [6, 6.07) is 9.33. The highest BCUT2D eigenvalue weighted by Crippen LogP contribution is 2.16. The second kappa shape index (κ2) is 8.57. The van der Waals surface area contributed by atoms with Crippen LogP contribution in [0.25, 0.3) is 0 Å². The summed E-state index contributed by atoms with van der Waals surface area (Å²) in [6.45, 7) is 6.93. The Morgan fingerprint density at radius 3 is 2.74 bits per heavy atom. The zero-order chi connectivity index (χ0) is 15.9. The Bertz CT molecular complexity index is 547. The third-order valence-corrected chi connectivity index (χ3v) is 5.53. The Hall–Kier alpha value is -1.23. The van der Waals surface area contributed by atoms with E-state index in [4.69, 9.17) is 0 Å². The number of hydrogen-bond donors (Lipinski definition) is 1. The molecule has 0 aromatic carbocycles. The Morgan fingerprint density at radius 1 is 1.26 bits per heavy atom. The number of nitrogens with zero attached hydrogens (tertiary/aromatic N) is 2. The number of thiophene rings is 1. The van der Waals surface area contributed by atoms with Gasteiger partial charge in [-0.05, 0) is 74.0 Å². The highest BCUT2D eigenvalue weighted by Gasteiger charge is 2.19. The average Bonchev–Trinajstić information content (AvgIpc) is 3.08. The number of piperidine rings is 1. The Balaban J connectivity index is 1.34. The molecule has 1 aliphatic heterocycles. The van der Waals surface area contributed by atoms with Crippen molar-refractivity contribution in [3.63, 3.8) is 0 Å². The highest BCUT2D eigenvalue weighted by molar-refractivity contribution is 7.09. The summed E-state index contributed by atoms with van der Waals surface area (Å²) in [5.74, 6) is 0.712. The van der Waals surface area contributed by atoms with Crippen LogP contribution in [-0.4, -0.2) is 35.6 Å². The van der Waals surface area contributed by atoms with E-state index in [9.17, 15) is 0 Å². The first-order valence-electron chi connectivity index (χ1n) is 8.66. The molecule has 2 aromatic heterocycles. The maximum absolute atomic E-state index is 4.09. The lowest BCUT2D eigenvalue weighted by Gasteiger charge is -2.33. The SMILES string of the molecule is CC(CNC1CCN(Cc2ccncc2)CC1)Cc1cccs1. The van der Waals surface area contributed by atoms with Gasteiger partial charge in [0.15, 0.2) is 0 Å². The maximum Gasteiger partial charge on any atom is 0.0271 e. The molecule has 1 atom stereocenters. The molecule has 124 valence electrons. The number of pyridine rings is 1. The molecule has 4 heteroatoms. The standard InChI is InChI=1S/C19H27N3S/c1-16(13-19-3-2-12-23-19)14-21-18-6-10-22(11-7-18)15-17-4-8-20-9-5-17/h2-5,8-9,12,16,18,21H,6-7,10-11,13-15H2,1H3. The van der Waals surface area contributed by atoms with Gasteiger partial charge in [-0.15, -0.1) is 11.3 Å². The molecule has 0 radical (unpaired) electrons. The minimum Gasteiger partial charge on any atom is -0.314 e. The highest BCUT2D eigenvalue weighted by atomic mass is 32.1. The molecule has 0 saturated carbocycles. The van der Waals surface area contributed by atoms with Gasteiger partial charge in [-0.2, -0.15) is 0 Å². The minimum absolute atomic E-state index is 0.689. The van der Waals surface area contributed by atoms with Crippen molar-refractivity contribution in [1.82, 2.24) is 15.2 Å². The first-order chi connectivity index (χ1) is 11.3. The second-order valence-corrected chi connectivity index (χ2v) is 7.74. The fourth-order valence-corrected chi connectivity index (χ4v) is 4.12. The van der Waals surface area contributed by atoms with Gasteiger partial charge in [0.1, 0.15) is 0 Å². The van der Waals surface area contributed by atoms with Crippen LogP contribution >= 0.6 is 11.3 Å². The van der Waals surface area contributed by atoms with E-state index in [1.165, 1.54) is 42.8 Å². The van der Waals surface area contributed by atoms with Gasteiger partial charge in [0.05, 0.1) is 0 Å². The summed E-state index contributed by atoms with van der Waals surface area (Å²) < 4.78 is 0. The zero-order valence-corrected chi connectivity index (χ0v) is 14.8. The fraction of sp³-hybridized carbons (Fsp3) is 0.526. The molecule has 0 aliphatic carbocycles. The molecule has 1 fully saturated rings. The van der Waals surface area contributed by atoms with E-state index in [0.29, 0.717) is 12.0 Å². The Labute approximate surface area is 143 Å². The van der Waals surface area contributed by atoms with Gasteiger partial charge in [-0.3, -0.25) is 9.88 Å². The summed E-state index contributed by atoms with van der Waals surface area (Å²) in [5, 5.41) is 5.96. The van der Waals surface area contributed by atoms with Crippen molar-refractivity contribution < 1.29 is 0 Å². The number of nitrogens with one attached hydrogen (secondary N) is 1. The molecule has 1 saturated heterocycles. The quantitative estimate of drug-likeness (QED) is 0.841. The van der Waals surface area contributed by atoms with Crippen LogP contribution in [0.2, 0.25) is 0 Å². The van der Waals surface area contributed by atoms with Crippen LogP contribution in [0.3, 0.4) is 0 Å². The topological polar surface area (TPSA) is 28.2 Å². The summed E-state index contributed by atoms with van der Waals surface area (Å²) in [5.41, 5.74) is 1.37.